The van der Waals surface area contributed by atoms with Crippen molar-refractivity contribution in [1.82, 2.24) is 0 Å². The first-order chi connectivity index (χ1) is 9.93. The SMILES string of the molecule is CCCC(CCCCC(CCC)(CCC)C(=O)O)C(=O)O. The van der Waals surface area contributed by atoms with Crippen molar-refractivity contribution in [2.24, 2.45) is 11.3 Å². The van der Waals surface area contributed by atoms with E-state index < -0.39 is 17.4 Å². The van der Waals surface area contributed by atoms with Crippen LogP contribution in [0.5, 0.6) is 0 Å². The summed E-state index contributed by atoms with van der Waals surface area (Å²) in [6, 6.07) is 0. The molecule has 0 heterocycles. The first-order valence-electron chi connectivity index (χ1n) is 8.39. The van der Waals surface area contributed by atoms with Gasteiger partial charge in [0.25, 0.3) is 0 Å². The van der Waals surface area contributed by atoms with Crippen LogP contribution in [0.2, 0.25) is 0 Å². The molecular weight excluding hydrogens is 268 g/mol. The average Bonchev–Trinajstić information content (AvgIpc) is 2.42. The van der Waals surface area contributed by atoms with Crippen LogP contribution in [0.4, 0.5) is 0 Å². The molecule has 0 aromatic rings. The number of hydrogen-bond donors (Lipinski definition) is 2. The minimum absolute atomic E-state index is 0.272. The molecule has 0 saturated heterocycles. The third kappa shape index (κ3) is 6.96. The van der Waals surface area contributed by atoms with E-state index in [-0.39, 0.29) is 5.92 Å². The molecule has 4 nitrogen and oxygen atoms in total. The van der Waals surface area contributed by atoms with Crippen molar-refractivity contribution in [3.05, 3.63) is 0 Å². The lowest BCUT2D eigenvalue weighted by atomic mass is 9.75. The highest BCUT2D eigenvalue weighted by molar-refractivity contribution is 5.74. The zero-order chi connectivity index (χ0) is 16.3. The van der Waals surface area contributed by atoms with Crippen LogP contribution >= 0.6 is 0 Å². The lowest BCUT2D eigenvalue weighted by Crippen LogP contribution is -2.31. The predicted octanol–water partition coefficient (Wildman–Crippen LogP) is 4.72. The number of carboxylic acid groups (broad SMARTS) is 2. The zero-order valence-electron chi connectivity index (χ0n) is 13.9. The number of rotatable bonds is 13. The van der Waals surface area contributed by atoms with Gasteiger partial charge in [0, 0.05) is 0 Å². The molecule has 0 aliphatic rings. The smallest absolute Gasteiger partial charge is 0.309 e. The molecule has 0 rings (SSSR count). The molecule has 0 saturated carbocycles. The first-order valence-corrected chi connectivity index (χ1v) is 8.39. The van der Waals surface area contributed by atoms with E-state index in [0.29, 0.717) is 32.1 Å². The molecule has 0 aromatic heterocycles. The second-order valence-electron chi connectivity index (χ2n) is 6.16. The molecule has 0 aliphatic carbocycles. The summed E-state index contributed by atoms with van der Waals surface area (Å²) in [6.45, 7) is 6.04. The van der Waals surface area contributed by atoms with Gasteiger partial charge in [-0.3, -0.25) is 9.59 Å². The molecule has 0 amide bonds. The number of carbonyl (C=O) groups is 2. The highest BCUT2D eigenvalue weighted by atomic mass is 16.4. The van der Waals surface area contributed by atoms with Gasteiger partial charge >= 0.3 is 11.9 Å². The minimum atomic E-state index is -0.719. The van der Waals surface area contributed by atoms with E-state index in [1.165, 1.54) is 0 Å². The van der Waals surface area contributed by atoms with E-state index in [2.05, 4.69) is 0 Å². The minimum Gasteiger partial charge on any atom is -0.481 e. The Balaban J connectivity index is 4.42. The van der Waals surface area contributed by atoms with Crippen molar-refractivity contribution in [2.45, 2.75) is 85.0 Å². The Morgan fingerprint density at radius 3 is 1.81 bits per heavy atom. The Morgan fingerprint density at radius 2 is 1.43 bits per heavy atom. The van der Waals surface area contributed by atoms with Crippen LogP contribution in [0, 0.1) is 11.3 Å². The summed E-state index contributed by atoms with van der Waals surface area (Å²) < 4.78 is 0. The van der Waals surface area contributed by atoms with E-state index >= 15 is 0 Å². The maximum atomic E-state index is 11.6. The molecule has 0 spiro atoms. The molecule has 2 N–H and O–H groups in total. The standard InChI is InChI=1S/C17H32O4/c1-4-9-14(15(18)19)10-7-8-13-17(11-5-2,12-6-3)16(20)21/h14H,4-13H2,1-3H3,(H,18,19)(H,20,21). The number of aliphatic carboxylic acids is 2. The summed E-state index contributed by atoms with van der Waals surface area (Å²) in [5.74, 6) is -1.68. The van der Waals surface area contributed by atoms with Crippen LogP contribution in [0.25, 0.3) is 0 Å². The van der Waals surface area contributed by atoms with Crippen molar-refractivity contribution in [3.8, 4) is 0 Å². The van der Waals surface area contributed by atoms with Crippen LogP contribution in [0.3, 0.4) is 0 Å². The molecule has 4 heteroatoms. The molecule has 1 atom stereocenters. The zero-order valence-corrected chi connectivity index (χ0v) is 13.9. The highest BCUT2D eigenvalue weighted by Gasteiger charge is 2.35. The Kier molecular flexibility index (Phi) is 10.1. The van der Waals surface area contributed by atoms with Crippen LogP contribution in [-0.4, -0.2) is 22.2 Å². The van der Waals surface area contributed by atoms with Gasteiger partial charge in [-0.05, 0) is 32.1 Å². The summed E-state index contributed by atoms with van der Waals surface area (Å²) in [4.78, 5) is 22.7. The molecule has 0 bridgehead atoms. The van der Waals surface area contributed by atoms with E-state index in [0.717, 1.165) is 32.1 Å². The van der Waals surface area contributed by atoms with Crippen molar-refractivity contribution in [1.29, 1.82) is 0 Å². The normalized spacial score (nSPS) is 13.1. The van der Waals surface area contributed by atoms with Crippen LogP contribution in [0.1, 0.15) is 85.0 Å². The average molecular weight is 300 g/mol. The number of hydrogen-bond acceptors (Lipinski definition) is 2. The second kappa shape index (κ2) is 10.6. The van der Waals surface area contributed by atoms with Crippen molar-refractivity contribution in [2.75, 3.05) is 0 Å². The Hall–Kier alpha value is -1.06. The fourth-order valence-electron chi connectivity index (χ4n) is 3.25. The van der Waals surface area contributed by atoms with Gasteiger partial charge in [-0.25, -0.2) is 0 Å². The second-order valence-corrected chi connectivity index (χ2v) is 6.16. The molecule has 0 aliphatic heterocycles. The van der Waals surface area contributed by atoms with Crippen molar-refractivity contribution in [3.63, 3.8) is 0 Å². The maximum Gasteiger partial charge on any atom is 0.309 e. The molecule has 0 fully saturated rings. The Labute approximate surface area is 128 Å². The summed E-state index contributed by atoms with van der Waals surface area (Å²) in [7, 11) is 0. The largest absolute Gasteiger partial charge is 0.481 e. The number of unbranched alkanes of at least 4 members (excludes halogenated alkanes) is 1. The van der Waals surface area contributed by atoms with Gasteiger partial charge in [0.1, 0.15) is 0 Å². The Bertz CT molecular complexity index is 306. The van der Waals surface area contributed by atoms with Gasteiger partial charge < -0.3 is 10.2 Å². The van der Waals surface area contributed by atoms with Crippen LogP contribution < -0.4 is 0 Å². The molecule has 1 unspecified atom stereocenters. The third-order valence-electron chi connectivity index (χ3n) is 4.36. The van der Waals surface area contributed by atoms with Gasteiger partial charge in [-0.15, -0.1) is 0 Å². The lowest BCUT2D eigenvalue weighted by Gasteiger charge is -2.29. The maximum absolute atomic E-state index is 11.6. The quantitative estimate of drug-likeness (QED) is 0.483. The highest BCUT2D eigenvalue weighted by Crippen LogP contribution is 2.36. The summed E-state index contributed by atoms with van der Waals surface area (Å²) in [5.41, 5.74) is -0.604. The molecule has 0 radical (unpaired) electrons. The van der Waals surface area contributed by atoms with Crippen LogP contribution in [0.15, 0.2) is 0 Å². The molecular formula is C17H32O4. The van der Waals surface area contributed by atoms with Gasteiger partial charge in [0.2, 0.25) is 0 Å². The molecule has 21 heavy (non-hydrogen) atoms. The fourth-order valence-corrected chi connectivity index (χ4v) is 3.25. The van der Waals surface area contributed by atoms with Crippen molar-refractivity contribution >= 4 is 11.9 Å². The molecule has 124 valence electrons. The van der Waals surface area contributed by atoms with Gasteiger partial charge in [0.15, 0.2) is 0 Å². The lowest BCUT2D eigenvalue weighted by molar-refractivity contribution is -0.151. The summed E-state index contributed by atoms with van der Waals surface area (Å²) in [6.07, 6.45) is 7.71. The van der Waals surface area contributed by atoms with Gasteiger partial charge in [0.05, 0.1) is 11.3 Å². The summed E-state index contributed by atoms with van der Waals surface area (Å²) in [5, 5.41) is 18.7. The topological polar surface area (TPSA) is 74.6 Å². The first kappa shape index (κ1) is 19.9. The van der Waals surface area contributed by atoms with Gasteiger partial charge in [-0.2, -0.15) is 0 Å². The van der Waals surface area contributed by atoms with Gasteiger partial charge in [-0.1, -0.05) is 52.9 Å². The van der Waals surface area contributed by atoms with E-state index in [9.17, 15) is 14.7 Å². The van der Waals surface area contributed by atoms with Crippen molar-refractivity contribution < 1.29 is 19.8 Å². The molecule has 0 aromatic carbocycles. The van der Waals surface area contributed by atoms with E-state index in [1.807, 2.05) is 20.8 Å². The Morgan fingerprint density at radius 1 is 0.857 bits per heavy atom. The van der Waals surface area contributed by atoms with Crippen LogP contribution in [-0.2, 0) is 9.59 Å². The predicted molar refractivity (Wildman–Crippen MR) is 84.4 cm³/mol. The number of carboxylic acids is 2. The summed E-state index contributed by atoms with van der Waals surface area (Å²) >= 11 is 0. The van der Waals surface area contributed by atoms with E-state index in [1.54, 1.807) is 0 Å². The van der Waals surface area contributed by atoms with E-state index in [4.69, 9.17) is 5.11 Å². The third-order valence-corrected chi connectivity index (χ3v) is 4.36. The monoisotopic (exact) mass is 300 g/mol. The fraction of sp³-hybridized carbons (Fsp3) is 0.882.